The molecule has 1 heterocycles. The van der Waals surface area contributed by atoms with Gasteiger partial charge in [-0.15, -0.1) is 11.3 Å². The van der Waals surface area contributed by atoms with E-state index >= 15 is 0 Å². The van der Waals surface area contributed by atoms with Crippen molar-refractivity contribution in [1.82, 2.24) is 0 Å². The molecule has 0 aliphatic heterocycles. The summed E-state index contributed by atoms with van der Waals surface area (Å²) in [4.78, 5) is 2.50. The minimum absolute atomic E-state index is 0.0704. The Labute approximate surface area is 255 Å². The van der Waals surface area contributed by atoms with Crippen LogP contribution in [0, 0.1) is 0 Å². The number of thiophene rings is 1. The Bertz CT molecular complexity index is 2380. The number of anilines is 3. The zero-order valence-corrected chi connectivity index (χ0v) is 25.0. The summed E-state index contributed by atoms with van der Waals surface area (Å²) in [6, 6.07) is 51.5. The first-order chi connectivity index (χ1) is 21.1. The SMILES string of the molecule is CC1(C)c2ccccc2-c2c(N(c3ccccc3)c3cc4ccccc4c4c3ccc3c5ccccc5sc34)cccc21. The van der Waals surface area contributed by atoms with Gasteiger partial charge in [0.2, 0.25) is 0 Å². The fourth-order valence-electron chi connectivity index (χ4n) is 7.44. The highest BCUT2D eigenvalue weighted by atomic mass is 32.1. The lowest BCUT2D eigenvalue weighted by Gasteiger charge is -2.30. The Morgan fingerprint density at radius 1 is 0.535 bits per heavy atom. The van der Waals surface area contributed by atoms with Crippen molar-refractivity contribution >= 4 is 70.1 Å². The Balaban J connectivity index is 1.44. The first-order valence-electron chi connectivity index (χ1n) is 15.0. The van der Waals surface area contributed by atoms with Gasteiger partial charge in [-0.2, -0.15) is 0 Å². The maximum atomic E-state index is 2.50. The van der Waals surface area contributed by atoms with Gasteiger partial charge < -0.3 is 4.90 Å². The fraction of sp³-hybridized carbons (Fsp3) is 0.0732. The maximum Gasteiger partial charge on any atom is 0.0547 e. The highest BCUT2D eigenvalue weighted by molar-refractivity contribution is 7.26. The third kappa shape index (κ3) is 3.45. The van der Waals surface area contributed by atoms with E-state index in [1.165, 1.54) is 75.3 Å². The van der Waals surface area contributed by atoms with E-state index in [2.05, 4.69) is 158 Å². The number of hydrogen-bond donors (Lipinski definition) is 0. The third-order valence-corrected chi connectivity index (χ3v) is 10.6. The van der Waals surface area contributed by atoms with E-state index in [4.69, 9.17) is 0 Å². The molecule has 2 heteroatoms. The Kier molecular flexibility index (Phi) is 5.18. The lowest BCUT2D eigenvalue weighted by atomic mass is 9.82. The zero-order chi connectivity index (χ0) is 28.7. The predicted octanol–water partition coefficient (Wildman–Crippen LogP) is 12.1. The van der Waals surface area contributed by atoms with Crippen LogP contribution in [0.1, 0.15) is 25.0 Å². The van der Waals surface area contributed by atoms with Crippen LogP contribution in [-0.4, -0.2) is 0 Å². The summed E-state index contributed by atoms with van der Waals surface area (Å²) < 4.78 is 2.69. The number of fused-ring (bicyclic) bond motifs is 10. The summed E-state index contributed by atoms with van der Waals surface area (Å²) >= 11 is 1.91. The zero-order valence-electron chi connectivity index (χ0n) is 24.1. The van der Waals surface area contributed by atoms with Gasteiger partial charge in [0.25, 0.3) is 0 Å². The van der Waals surface area contributed by atoms with Crippen LogP contribution in [0.3, 0.4) is 0 Å². The molecule has 8 aromatic rings. The van der Waals surface area contributed by atoms with Gasteiger partial charge in [-0.1, -0.05) is 123 Å². The molecule has 0 atom stereocenters. The smallest absolute Gasteiger partial charge is 0.0547 e. The second-order valence-electron chi connectivity index (χ2n) is 12.1. The average Bonchev–Trinajstić information content (AvgIpc) is 3.54. The molecule has 0 bridgehead atoms. The first-order valence-corrected chi connectivity index (χ1v) is 15.8. The molecular weight excluding hydrogens is 539 g/mol. The minimum Gasteiger partial charge on any atom is -0.309 e. The van der Waals surface area contributed by atoms with Gasteiger partial charge >= 0.3 is 0 Å². The summed E-state index contributed by atoms with van der Waals surface area (Å²) in [5.41, 5.74) is 8.94. The van der Waals surface area contributed by atoms with Crippen LogP contribution in [0.2, 0.25) is 0 Å². The quantitative estimate of drug-likeness (QED) is 0.192. The highest BCUT2D eigenvalue weighted by Crippen LogP contribution is 2.55. The third-order valence-electron chi connectivity index (χ3n) is 9.43. The topological polar surface area (TPSA) is 3.24 Å². The summed E-state index contributed by atoms with van der Waals surface area (Å²) in [6.07, 6.45) is 0. The van der Waals surface area contributed by atoms with Gasteiger partial charge in [-0.3, -0.25) is 0 Å². The number of nitrogens with zero attached hydrogens (tertiary/aromatic N) is 1. The van der Waals surface area contributed by atoms with Crippen molar-refractivity contribution in [1.29, 1.82) is 0 Å². The van der Waals surface area contributed by atoms with Crippen molar-refractivity contribution in [2.24, 2.45) is 0 Å². The van der Waals surface area contributed by atoms with E-state index in [-0.39, 0.29) is 5.41 Å². The van der Waals surface area contributed by atoms with Crippen molar-refractivity contribution in [3.05, 3.63) is 151 Å². The molecule has 1 aliphatic carbocycles. The molecule has 9 rings (SSSR count). The van der Waals surface area contributed by atoms with E-state index in [1.54, 1.807) is 0 Å². The Morgan fingerprint density at radius 2 is 1.23 bits per heavy atom. The van der Waals surface area contributed by atoms with Gasteiger partial charge in [0.05, 0.1) is 11.4 Å². The van der Waals surface area contributed by atoms with Crippen LogP contribution < -0.4 is 4.90 Å². The fourth-order valence-corrected chi connectivity index (χ4v) is 8.70. The highest BCUT2D eigenvalue weighted by Gasteiger charge is 2.37. The summed E-state index contributed by atoms with van der Waals surface area (Å²) in [7, 11) is 0. The molecule has 0 saturated heterocycles. The van der Waals surface area contributed by atoms with Crippen LogP contribution >= 0.6 is 11.3 Å². The van der Waals surface area contributed by atoms with E-state index in [1.807, 2.05) is 11.3 Å². The largest absolute Gasteiger partial charge is 0.309 e. The molecule has 43 heavy (non-hydrogen) atoms. The van der Waals surface area contributed by atoms with Gasteiger partial charge in [0, 0.05) is 47.6 Å². The molecule has 1 nitrogen and oxygen atoms in total. The molecule has 0 saturated carbocycles. The number of para-hydroxylation sites is 1. The molecule has 0 spiro atoms. The summed E-state index contributed by atoms with van der Waals surface area (Å²) in [5, 5.41) is 7.82. The molecule has 1 aromatic heterocycles. The van der Waals surface area contributed by atoms with Crippen molar-refractivity contribution in [2.45, 2.75) is 19.3 Å². The van der Waals surface area contributed by atoms with Gasteiger partial charge in [0.15, 0.2) is 0 Å². The standard InChI is InChI=1S/C41H29NS/c1-41(2)33-19-10-8-18-31(33)39-34(41)20-12-21-35(39)42(27-14-4-3-5-15-27)36-25-26-13-6-7-16-28(26)38-32(36)24-23-30-29-17-9-11-22-37(29)43-40(30)38/h3-25H,1-2H3. The van der Waals surface area contributed by atoms with E-state index in [9.17, 15) is 0 Å². The molecule has 0 radical (unpaired) electrons. The van der Waals surface area contributed by atoms with Crippen molar-refractivity contribution in [3.8, 4) is 11.1 Å². The molecule has 0 N–H and O–H groups in total. The molecule has 0 unspecified atom stereocenters. The second kappa shape index (κ2) is 9.04. The van der Waals surface area contributed by atoms with Crippen LogP contribution in [0.5, 0.6) is 0 Å². The second-order valence-corrected chi connectivity index (χ2v) is 13.2. The van der Waals surface area contributed by atoms with E-state index < -0.39 is 0 Å². The van der Waals surface area contributed by atoms with Gasteiger partial charge in [-0.25, -0.2) is 0 Å². The molecule has 0 fully saturated rings. The Hall–Kier alpha value is -4.92. The molecule has 7 aromatic carbocycles. The molecule has 204 valence electrons. The molecular formula is C41H29NS. The van der Waals surface area contributed by atoms with Crippen molar-refractivity contribution < 1.29 is 0 Å². The number of hydrogen-bond acceptors (Lipinski definition) is 2. The van der Waals surface area contributed by atoms with Gasteiger partial charge in [0.1, 0.15) is 0 Å². The van der Waals surface area contributed by atoms with Crippen LogP contribution in [0.25, 0.3) is 52.8 Å². The normalized spacial score (nSPS) is 13.5. The minimum atomic E-state index is -0.0704. The average molecular weight is 568 g/mol. The predicted molar refractivity (Wildman–Crippen MR) is 187 cm³/mol. The van der Waals surface area contributed by atoms with E-state index in [0.717, 1.165) is 5.69 Å². The van der Waals surface area contributed by atoms with Crippen LogP contribution in [0.4, 0.5) is 17.1 Å². The summed E-state index contributed by atoms with van der Waals surface area (Å²) in [6.45, 7) is 4.72. The lowest BCUT2D eigenvalue weighted by Crippen LogP contribution is -2.16. The van der Waals surface area contributed by atoms with Crippen molar-refractivity contribution in [2.75, 3.05) is 4.90 Å². The molecule has 0 amide bonds. The number of benzene rings is 7. The Morgan fingerprint density at radius 3 is 2.12 bits per heavy atom. The van der Waals surface area contributed by atoms with Crippen LogP contribution in [-0.2, 0) is 5.41 Å². The first kappa shape index (κ1) is 24.7. The monoisotopic (exact) mass is 567 g/mol. The molecule has 1 aliphatic rings. The van der Waals surface area contributed by atoms with E-state index in [0.29, 0.717) is 0 Å². The van der Waals surface area contributed by atoms with Gasteiger partial charge in [-0.05, 0) is 57.8 Å². The lowest BCUT2D eigenvalue weighted by molar-refractivity contribution is 0.660. The van der Waals surface area contributed by atoms with Crippen molar-refractivity contribution in [3.63, 3.8) is 0 Å². The van der Waals surface area contributed by atoms with Crippen LogP contribution in [0.15, 0.2) is 140 Å². The number of rotatable bonds is 3. The summed E-state index contributed by atoms with van der Waals surface area (Å²) in [5.74, 6) is 0. The maximum absolute atomic E-state index is 2.50.